The number of likely N-dealkylation sites (tertiary alicyclic amines) is 3. The summed E-state index contributed by atoms with van der Waals surface area (Å²) < 4.78 is 12.5. The van der Waals surface area contributed by atoms with E-state index in [1.165, 1.54) is 38.2 Å². The summed E-state index contributed by atoms with van der Waals surface area (Å²) in [5.74, 6) is 2.70. The fourth-order valence-corrected chi connectivity index (χ4v) is 15.8. The summed E-state index contributed by atoms with van der Waals surface area (Å²) in [4.78, 5) is 52.6. The van der Waals surface area contributed by atoms with E-state index in [9.17, 15) is 19.8 Å². The van der Waals surface area contributed by atoms with E-state index in [1.54, 1.807) is 28.4 Å². The van der Waals surface area contributed by atoms with Gasteiger partial charge in [-0.25, -0.2) is 9.97 Å². The molecule has 5 N–H and O–H groups in total. The number of carbonyl (C=O) groups is 2. The Kier molecular flexibility index (Phi) is 15.8. The van der Waals surface area contributed by atoms with Gasteiger partial charge in [0.15, 0.2) is 17.4 Å². The van der Waals surface area contributed by atoms with Gasteiger partial charge in [0.2, 0.25) is 17.7 Å². The lowest BCUT2D eigenvalue weighted by Gasteiger charge is -2.55. The first kappa shape index (κ1) is 56.3. The highest BCUT2D eigenvalue weighted by atomic mass is 32.1. The number of nitrogen functional groups attached to an aromatic ring is 1. The number of nitrogens with two attached hydrogens (primary N) is 1. The molecule has 6 saturated heterocycles. The number of amides is 2. The number of ether oxygens (including phenoxy) is 1. The minimum Gasteiger partial charge on any atom is -0.507 e. The number of piperazine rings is 1. The molecule has 7 aliphatic rings. The van der Waals surface area contributed by atoms with E-state index in [1.807, 2.05) is 87.9 Å². The van der Waals surface area contributed by atoms with Crippen molar-refractivity contribution < 1.29 is 29.1 Å². The van der Waals surface area contributed by atoms with Crippen LogP contribution in [0.25, 0.3) is 21.7 Å². The normalized spacial score (nSPS) is 25.2. The highest BCUT2D eigenvalue weighted by Crippen LogP contribution is 2.44. The number of para-hydroxylation sites is 1. The van der Waals surface area contributed by atoms with Crippen molar-refractivity contribution in [1.29, 1.82) is 0 Å². The predicted octanol–water partition coefficient (Wildman–Crippen LogP) is 8.15. The van der Waals surface area contributed by atoms with Gasteiger partial charge >= 0.3 is 0 Å². The number of aromatic nitrogens is 5. The van der Waals surface area contributed by atoms with Crippen LogP contribution < -0.4 is 30.5 Å². The number of nitrogens with one attached hydrogen (secondary N) is 1. The van der Waals surface area contributed by atoms with E-state index in [0.29, 0.717) is 52.1 Å². The third kappa shape index (κ3) is 11.5. The second-order valence-corrected chi connectivity index (χ2v) is 26.7. The molecule has 20 heteroatoms. The number of carbonyl (C=O) groups excluding carboxylic acids is 2. The molecule has 1 saturated carbocycles. The van der Waals surface area contributed by atoms with Crippen LogP contribution in [0.2, 0.25) is 0 Å². The van der Waals surface area contributed by atoms with Gasteiger partial charge in [-0.3, -0.25) is 9.59 Å². The largest absolute Gasteiger partial charge is 0.507 e. The molecule has 84 heavy (non-hydrogen) atoms. The Bertz CT molecular complexity index is 3280. The topological polar surface area (TPSA) is 219 Å². The molecule has 7 fully saturated rings. The SMILES string of the molecule is Cc1ncsc1-c1ccc([C@H](C)NC(=O)[C@@H]2C[C@@H](O)CN2C(=O)[C@H](c2cc(N3CCC4(CC3)CN(CC3CCN(C[C@H]5C[C@H](Oc6cc(N7C8CCC7CN(c7cc(-c9ccccc9O)nnc7N)C8)ccn6)C5)CC3)C4)no2)C(C)C)cc1. The minimum atomic E-state index is -0.795. The molecule has 13 rings (SSSR count). The predicted molar refractivity (Wildman–Crippen MR) is 325 cm³/mol. The Balaban J connectivity index is 0.524. The summed E-state index contributed by atoms with van der Waals surface area (Å²) in [5, 5.41) is 37.5. The van der Waals surface area contributed by atoms with Crippen LogP contribution in [0, 0.1) is 30.1 Å². The average molecular weight is 1160 g/mol. The quantitative estimate of drug-likeness (QED) is 0.0677. The van der Waals surface area contributed by atoms with E-state index in [4.69, 9.17) is 15.0 Å². The molecule has 2 unspecified atom stereocenters. The van der Waals surface area contributed by atoms with Gasteiger partial charge in [0.1, 0.15) is 23.8 Å². The Hall–Kier alpha value is -6.87. The average Bonchev–Trinajstić information content (AvgIpc) is 2.22. The molecule has 6 atom stereocenters. The second-order valence-electron chi connectivity index (χ2n) is 25.9. The van der Waals surface area contributed by atoms with Crippen molar-refractivity contribution in [2.24, 2.45) is 23.2 Å². The second kappa shape index (κ2) is 23.5. The summed E-state index contributed by atoms with van der Waals surface area (Å²) in [6.07, 6.45) is 10.5. The van der Waals surface area contributed by atoms with Gasteiger partial charge in [-0.2, -0.15) is 0 Å². The molecule has 444 valence electrons. The zero-order chi connectivity index (χ0) is 57.8. The lowest BCUT2D eigenvalue weighted by molar-refractivity contribution is -0.141. The van der Waals surface area contributed by atoms with Crippen molar-refractivity contribution in [2.45, 2.75) is 128 Å². The molecule has 6 aliphatic heterocycles. The lowest BCUT2D eigenvalue weighted by atomic mass is 9.71. The van der Waals surface area contributed by atoms with Gasteiger partial charge < -0.3 is 59.9 Å². The molecule has 6 aromatic rings. The number of thiazole rings is 1. The first-order chi connectivity index (χ1) is 40.7. The smallest absolute Gasteiger partial charge is 0.243 e. The molecule has 2 amide bonds. The van der Waals surface area contributed by atoms with E-state index < -0.39 is 18.1 Å². The van der Waals surface area contributed by atoms with Crippen LogP contribution in [0.15, 0.2) is 89.0 Å². The first-order valence-electron chi connectivity index (χ1n) is 30.7. The highest BCUT2D eigenvalue weighted by Gasteiger charge is 2.48. The van der Waals surface area contributed by atoms with Crippen LogP contribution in [-0.4, -0.2) is 164 Å². The van der Waals surface area contributed by atoms with Crippen LogP contribution in [-0.2, 0) is 9.59 Å². The number of fused-ring (bicyclic) bond motifs is 2. The van der Waals surface area contributed by atoms with Crippen LogP contribution >= 0.6 is 11.3 Å². The van der Waals surface area contributed by atoms with Crippen molar-refractivity contribution in [3.63, 3.8) is 0 Å². The summed E-state index contributed by atoms with van der Waals surface area (Å²) >= 11 is 1.60. The van der Waals surface area contributed by atoms with Gasteiger partial charge in [0.05, 0.1) is 39.6 Å². The molecule has 2 aromatic carbocycles. The number of anilines is 4. The Morgan fingerprint density at radius 2 is 1.58 bits per heavy atom. The molecule has 0 radical (unpaired) electrons. The van der Waals surface area contributed by atoms with Gasteiger partial charge in [-0.15, -0.1) is 21.5 Å². The monoisotopic (exact) mass is 1160 g/mol. The van der Waals surface area contributed by atoms with Crippen LogP contribution in [0.3, 0.4) is 0 Å². The molecular formula is C64H81N13O6S. The third-order valence-electron chi connectivity index (χ3n) is 19.7. The van der Waals surface area contributed by atoms with Gasteiger partial charge in [-0.1, -0.05) is 55.4 Å². The summed E-state index contributed by atoms with van der Waals surface area (Å²) in [6, 6.07) is 23.0. The summed E-state index contributed by atoms with van der Waals surface area (Å²) in [6.45, 7) is 18.5. The number of benzene rings is 2. The van der Waals surface area contributed by atoms with E-state index in [0.717, 1.165) is 123 Å². The van der Waals surface area contributed by atoms with Crippen molar-refractivity contribution >= 4 is 46.2 Å². The number of phenolic OH excluding ortho intramolecular Hbond substituents is 1. The first-order valence-corrected chi connectivity index (χ1v) is 31.6. The fraction of sp³-hybridized carbons (Fsp3) is 0.547. The van der Waals surface area contributed by atoms with Crippen LogP contribution in [0.4, 0.5) is 23.0 Å². The number of hydrogen-bond acceptors (Lipinski definition) is 18. The number of hydrogen-bond donors (Lipinski definition) is 4. The van der Waals surface area contributed by atoms with E-state index >= 15 is 0 Å². The maximum absolute atomic E-state index is 14.4. The molecular weight excluding hydrogens is 1080 g/mol. The van der Waals surface area contributed by atoms with Gasteiger partial charge in [0.25, 0.3) is 0 Å². The zero-order valence-corrected chi connectivity index (χ0v) is 49.7. The highest BCUT2D eigenvalue weighted by molar-refractivity contribution is 7.13. The summed E-state index contributed by atoms with van der Waals surface area (Å²) in [7, 11) is 0. The Morgan fingerprint density at radius 1 is 0.845 bits per heavy atom. The molecule has 4 aromatic heterocycles. The van der Waals surface area contributed by atoms with Crippen molar-refractivity contribution in [3.8, 4) is 33.3 Å². The number of pyridine rings is 1. The Morgan fingerprint density at radius 3 is 2.30 bits per heavy atom. The van der Waals surface area contributed by atoms with Gasteiger partial charge in [0, 0.05) is 107 Å². The van der Waals surface area contributed by atoms with Gasteiger partial charge in [-0.05, 0) is 137 Å². The molecule has 1 spiro atoms. The zero-order valence-electron chi connectivity index (χ0n) is 48.9. The molecule has 10 heterocycles. The number of phenols is 1. The van der Waals surface area contributed by atoms with Crippen LogP contribution in [0.1, 0.15) is 108 Å². The number of aryl methyl sites for hydroxylation is 1. The number of aromatic hydroxyl groups is 1. The van der Waals surface area contributed by atoms with Crippen molar-refractivity contribution in [1.82, 2.24) is 45.3 Å². The van der Waals surface area contributed by atoms with E-state index in [-0.39, 0.29) is 48.6 Å². The maximum Gasteiger partial charge on any atom is 0.243 e. The number of aliphatic hydroxyl groups is 1. The number of β-amino-alcohol motifs (C(OH)–C–C–N with tert-alkyl or cyclic N) is 1. The third-order valence-corrected chi connectivity index (χ3v) is 20.7. The number of nitrogens with zero attached hydrogens (tertiary/aromatic N) is 11. The van der Waals surface area contributed by atoms with Crippen LogP contribution in [0.5, 0.6) is 11.6 Å². The number of rotatable bonds is 17. The summed E-state index contributed by atoms with van der Waals surface area (Å²) in [5.41, 5.74) is 14.9. The molecule has 19 nitrogen and oxygen atoms in total. The number of piperidine rings is 2. The standard InChI is InChI=1S/C64H81N13O6S/c1-39(2)59(63(81)76-35-49(78)28-54(76)62(80)68-40(3)44-9-11-45(12-10-44)60-41(4)67-38-84-60)56-30-57(71-83-56)74-23-18-64(19-24-74)36-73(37-64)31-42-16-21-72(22-17-42)32-43-25-50(26-43)82-58-27-46(15-20-66-58)77-47-13-14-48(77)34-75(33-47)53-29-52(69-70-61(53)65)51-7-5-6-8-55(51)79/h5-12,15,20,27,29-30,38-40,42-43,47-50,54,59,78-79H,13-14,16-19,21-26,28,31-37H2,1-4H3,(H2,65,70)(H,68,80)/t40-,43-,47?,48?,49+,50-,54-,59-/m0/s1. The fourth-order valence-electron chi connectivity index (χ4n) is 15.0. The molecule has 2 bridgehead atoms. The van der Waals surface area contributed by atoms with Crippen molar-refractivity contribution in [2.75, 3.05) is 92.4 Å². The lowest BCUT2D eigenvalue weighted by Crippen LogP contribution is -2.61. The Labute approximate surface area is 496 Å². The van der Waals surface area contributed by atoms with Crippen molar-refractivity contribution in [3.05, 3.63) is 102 Å². The minimum absolute atomic E-state index is 0.0937. The number of aliphatic hydroxyl groups excluding tert-OH is 1. The maximum atomic E-state index is 14.4. The van der Waals surface area contributed by atoms with E-state index in [2.05, 4.69) is 67.3 Å². The molecule has 1 aliphatic carbocycles.